The molecule has 0 amide bonds. The van der Waals surface area contributed by atoms with E-state index in [0.29, 0.717) is 5.82 Å². The van der Waals surface area contributed by atoms with Gasteiger partial charge in [-0.05, 0) is 21.4 Å². The van der Waals surface area contributed by atoms with Crippen molar-refractivity contribution in [1.29, 1.82) is 0 Å². The second-order valence-corrected chi connectivity index (χ2v) is 3.33. The SMILES string of the molecule is Nc1nc2c[c-]ccc2cc1Br.[CH3-].[Li+]. The number of nitrogens with zero attached hydrogens (tertiary/aromatic N) is 1. The fourth-order valence-corrected chi connectivity index (χ4v) is 1.38. The van der Waals surface area contributed by atoms with Gasteiger partial charge >= 0.3 is 18.9 Å². The molecular weight excluding hydrogens is 235 g/mol. The van der Waals surface area contributed by atoms with Crippen molar-refractivity contribution in [2.75, 3.05) is 5.73 Å². The number of benzene rings is 1. The Labute approximate surface area is 104 Å². The van der Waals surface area contributed by atoms with Gasteiger partial charge in [0.25, 0.3) is 0 Å². The molecule has 2 N–H and O–H groups in total. The summed E-state index contributed by atoms with van der Waals surface area (Å²) in [5.74, 6) is 0.516. The molecule has 2 nitrogen and oxygen atoms in total. The van der Waals surface area contributed by atoms with Crippen LogP contribution in [0, 0.1) is 13.5 Å². The summed E-state index contributed by atoms with van der Waals surface area (Å²) in [5.41, 5.74) is 6.49. The van der Waals surface area contributed by atoms with Crippen LogP contribution in [0.25, 0.3) is 10.9 Å². The van der Waals surface area contributed by atoms with Gasteiger partial charge in [0.15, 0.2) is 0 Å². The first-order valence-electron chi connectivity index (χ1n) is 3.49. The maximum Gasteiger partial charge on any atom is 1.00 e. The Morgan fingerprint density at radius 2 is 2.14 bits per heavy atom. The van der Waals surface area contributed by atoms with Crippen molar-refractivity contribution in [2.24, 2.45) is 0 Å². The third-order valence-electron chi connectivity index (χ3n) is 1.64. The van der Waals surface area contributed by atoms with Gasteiger partial charge in [-0.2, -0.15) is 24.3 Å². The minimum absolute atomic E-state index is 0. The van der Waals surface area contributed by atoms with Gasteiger partial charge in [-0.1, -0.05) is 6.07 Å². The number of hydrogen-bond donors (Lipinski definition) is 1. The first-order chi connectivity index (χ1) is 5.77. The van der Waals surface area contributed by atoms with E-state index in [1.165, 1.54) is 0 Å². The second kappa shape index (κ2) is 5.40. The second-order valence-electron chi connectivity index (χ2n) is 2.47. The fourth-order valence-electron chi connectivity index (χ4n) is 1.05. The van der Waals surface area contributed by atoms with E-state index < -0.39 is 0 Å². The molecular formula is C10H9BrLiN2-. The number of nitrogens with two attached hydrogens (primary N) is 1. The summed E-state index contributed by atoms with van der Waals surface area (Å²) in [6, 6.07) is 10.5. The smallest absolute Gasteiger partial charge is 0.384 e. The molecule has 14 heavy (non-hydrogen) atoms. The molecule has 68 valence electrons. The Morgan fingerprint density at radius 1 is 1.43 bits per heavy atom. The van der Waals surface area contributed by atoms with Crippen molar-refractivity contribution in [3.05, 3.63) is 42.2 Å². The Morgan fingerprint density at radius 3 is 2.86 bits per heavy atom. The number of nitrogen functional groups attached to an aromatic ring is 1. The van der Waals surface area contributed by atoms with E-state index in [0.717, 1.165) is 15.4 Å². The third kappa shape index (κ3) is 2.51. The average molecular weight is 244 g/mol. The molecule has 2 rings (SSSR count). The Balaban J connectivity index is 0.000000845. The Kier molecular flexibility index (Phi) is 5.21. The van der Waals surface area contributed by atoms with Crippen LogP contribution < -0.4 is 24.6 Å². The number of aromatic nitrogens is 1. The Bertz CT molecular complexity index is 391. The number of rotatable bonds is 0. The summed E-state index contributed by atoms with van der Waals surface area (Å²) in [6.07, 6.45) is 0. The largest absolute Gasteiger partial charge is 1.00 e. The normalized spacial score (nSPS) is 8.93. The summed E-state index contributed by atoms with van der Waals surface area (Å²) in [4.78, 5) is 4.17. The van der Waals surface area contributed by atoms with Crippen molar-refractivity contribution in [3.63, 3.8) is 0 Å². The van der Waals surface area contributed by atoms with Crippen LogP contribution in [0.2, 0.25) is 0 Å². The third-order valence-corrected chi connectivity index (χ3v) is 2.28. The molecule has 0 saturated carbocycles. The van der Waals surface area contributed by atoms with Gasteiger partial charge in [0, 0.05) is 0 Å². The number of fused-ring (bicyclic) bond motifs is 1. The molecule has 0 atom stereocenters. The predicted molar refractivity (Wildman–Crippen MR) is 59.1 cm³/mol. The van der Waals surface area contributed by atoms with Crippen LogP contribution in [-0.4, -0.2) is 4.98 Å². The number of anilines is 1. The van der Waals surface area contributed by atoms with E-state index in [9.17, 15) is 0 Å². The molecule has 0 fully saturated rings. The molecule has 0 spiro atoms. The number of hydrogen-bond acceptors (Lipinski definition) is 2. The van der Waals surface area contributed by atoms with Gasteiger partial charge in [0.1, 0.15) is 5.82 Å². The van der Waals surface area contributed by atoms with Gasteiger partial charge < -0.3 is 13.2 Å². The van der Waals surface area contributed by atoms with Crippen LogP contribution in [-0.2, 0) is 0 Å². The summed E-state index contributed by atoms with van der Waals surface area (Å²) in [6.45, 7) is 0. The monoisotopic (exact) mass is 243 g/mol. The maximum atomic E-state index is 5.61. The van der Waals surface area contributed by atoms with E-state index in [1.54, 1.807) is 0 Å². The minimum atomic E-state index is 0. The van der Waals surface area contributed by atoms with Crippen molar-refractivity contribution in [2.45, 2.75) is 0 Å². The van der Waals surface area contributed by atoms with Crippen LogP contribution in [0.15, 0.2) is 28.7 Å². The molecule has 1 aromatic heterocycles. The van der Waals surface area contributed by atoms with Gasteiger partial charge in [-0.15, -0.1) is 5.39 Å². The standard InChI is InChI=1S/C9H6BrN2.CH3.Li/c10-7-5-6-3-1-2-4-8(6)12-9(7)11;;/h1,3-5H,(H2,11,12);1H3;/q2*-1;+1. The Hall–Kier alpha value is -0.493. The topological polar surface area (TPSA) is 38.9 Å². The van der Waals surface area contributed by atoms with E-state index >= 15 is 0 Å². The van der Waals surface area contributed by atoms with Crippen molar-refractivity contribution in [1.82, 2.24) is 4.98 Å². The summed E-state index contributed by atoms with van der Waals surface area (Å²) in [7, 11) is 0. The molecule has 0 saturated heterocycles. The summed E-state index contributed by atoms with van der Waals surface area (Å²) < 4.78 is 0.834. The van der Waals surface area contributed by atoms with Gasteiger partial charge in [0.2, 0.25) is 0 Å². The summed E-state index contributed by atoms with van der Waals surface area (Å²) in [5, 5.41) is 1.06. The van der Waals surface area contributed by atoms with E-state index in [1.807, 2.05) is 24.3 Å². The number of halogens is 1. The van der Waals surface area contributed by atoms with Crippen LogP contribution >= 0.6 is 15.9 Å². The average Bonchev–Trinajstić information content (AvgIpc) is 2.07. The van der Waals surface area contributed by atoms with Gasteiger partial charge in [0.05, 0.1) is 4.47 Å². The number of pyridine rings is 1. The van der Waals surface area contributed by atoms with Crippen LogP contribution in [0.3, 0.4) is 0 Å². The van der Waals surface area contributed by atoms with Crippen molar-refractivity contribution >= 4 is 32.7 Å². The predicted octanol–water partition coefficient (Wildman–Crippen LogP) is -0.166. The molecule has 1 aromatic carbocycles. The molecule has 0 aliphatic rings. The van der Waals surface area contributed by atoms with Crippen LogP contribution in [0.4, 0.5) is 5.82 Å². The van der Waals surface area contributed by atoms with Crippen molar-refractivity contribution < 1.29 is 18.9 Å². The molecule has 1 heterocycles. The van der Waals surface area contributed by atoms with Crippen molar-refractivity contribution in [3.8, 4) is 0 Å². The zero-order chi connectivity index (χ0) is 8.55. The summed E-state index contributed by atoms with van der Waals surface area (Å²) >= 11 is 3.32. The molecule has 4 heteroatoms. The fraction of sp³-hybridized carbons (Fsp3) is 0. The van der Waals surface area contributed by atoms with E-state index in [2.05, 4.69) is 27.0 Å². The molecule has 0 radical (unpaired) electrons. The molecule has 0 unspecified atom stereocenters. The molecule has 0 bridgehead atoms. The van der Waals surface area contributed by atoms with E-state index in [-0.39, 0.29) is 26.3 Å². The van der Waals surface area contributed by atoms with E-state index in [4.69, 9.17) is 5.73 Å². The van der Waals surface area contributed by atoms with Gasteiger partial charge in [-0.3, -0.25) is 4.98 Å². The van der Waals surface area contributed by atoms with Crippen LogP contribution in [0.5, 0.6) is 0 Å². The zero-order valence-corrected chi connectivity index (χ0v) is 9.80. The zero-order valence-electron chi connectivity index (χ0n) is 8.21. The molecule has 0 aliphatic heterocycles. The molecule has 0 aliphatic carbocycles. The quantitative estimate of drug-likeness (QED) is 0.516. The minimum Gasteiger partial charge on any atom is -0.384 e. The first-order valence-corrected chi connectivity index (χ1v) is 4.28. The van der Waals surface area contributed by atoms with Crippen LogP contribution in [0.1, 0.15) is 0 Å². The molecule has 2 aromatic rings. The van der Waals surface area contributed by atoms with Gasteiger partial charge in [-0.25, -0.2) is 0 Å². The maximum absolute atomic E-state index is 5.61. The first kappa shape index (κ1) is 13.5.